The average molecular weight is 271 g/mol. The van der Waals surface area contributed by atoms with Gasteiger partial charge in [0.15, 0.2) is 0 Å². The molecular weight excluding hydrogens is 232 g/mol. The number of hydrogen-bond acceptors (Lipinski definition) is 2. The summed E-state index contributed by atoms with van der Waals surface area (Å²) in [6.07, 6.45) is 13.6. The predicted molar refractivity (Wildman–Crippen MR) is 87.5 cm³/mol. The fraction of sp³-hybridized carbons (Fsp3) is 1.00. The zero-order chi connectivity index (χ0) is 14.4. The highest BCUT2D eigenvalue weighted by Crippen LogP contribution is 2.22. The third kappa shape index (κ3) is 17.9. The van der Waals surface area contributed by atoms with Crippen molar-refractivity contribution < 1.29 is 0 Å². The molecule has 0 saturated carbocycles. The molecule has 0 aromatic heterocycles. The van der Waals surface area contributed by atoms with E-state index in [1.807, 2.05) is 0 Å². The van der Waals surface area contributed by atoms with E-state index in [2.05, 4.69) is 26.1 Å². The smallest absolute Gasteiger partial charge is 0.00484 e. The first-order chi connectivity index (χ1) is 9.06. The minimum Gasteiger partial charge on any atom is -0.330 e. The Morgan fingerprint density at radius 3 is 1.68 bits per heavy atom. The molecule has 0 atom stereocenters. The van der Waals surface area contributed by atoms with E-state index in [1.165, 1.54) is 64.3 Å². The van der Waals surface area contributed by atoms with Crippen LogP contribution in [-0.2, 0) is 0 Å². The largest absolute Gasteiger partial charge is 0.330 e. The van der Waals surface area contributed by atoms with Crippen LogP contribution in [0, 0.1) is 5.41 Å². The Morgan fingerprint density at radius 1 is 0.684 bits per heavy atom. The van der Waals surface area contributed by atoms with Crippen LogP contribution in [0.25, 0.3) is 0 Å². The van der Waals surface area contributed by atoms with Gasteiger partial charge in [-0.2, -0.15) is 0 Å². The molecule has 0 unspecified atom stereocenters. The Bertz CT molecular complexity index is 173. The van der Waals surface area contributed by atoms with Crippen molar-refractivity contribution in [2.75, 3.05) is 19.6 Å². The van der Waals surface area contributed by atoms with Crippen LogP contribution in [0.2, 0.25) is 0 Å². The Kier molecular flexibility index (Phi) is 12.9. The molecule has 2 nitrogen and oxygen atoms in total. The first-order valence-electron chi connectivity index (χ1n) is 8.47. The van der Waals surface area contributed by atoms with Gasteiger partial charge < -0.3 is 11.1 Å². The van der Waals surface area contributed by atoms with Crippen molar-refractivity contribution in [3.05, 3.63) is 0 Å². The lowest BCUT2D eigenvalue weighted by Gasteiger charge is -2.17. The highest BCUT2D eigenvalue weighted by atomic mass is 14.8. The zero-order valence-corrected chi connectivity index (χ0v) is 13.8. The van der Waals surface area contributed by atoms with E-state index in [4.69, 9.17) is 5.73 Å². The summed E-state index contributed by atoms with van der Waals surface area (Å²) in [7, 11) is 0. The van der Waals surface area contributed by atoms with Gasteiger partial charge in [-0.1, -0.05) is 59.3 Å². The van der Waals surface area contributed by atoms with E-state index >= 15 is 0 Å². The van der Waals surface area contributed by atoms with Gasteiger partial charge in [0.2, 0.25) is 0 Å². The van der Waals surface area contributed by atoms with Gasteiger partial charge >= 0.3 is 0 Å². The molecule has 0 radical (unpaired) electrons. The number of nitrogens with two attached hydrogens (primary N) is 1. The summed E-state index contributed by atoms with van der Waals surface area (Å²) >= 11 is 0. The highest BCUT2D eigenvalue weighted by Gasteiger charge is 2.08. The molecular formula is C17H38N2. The van der Waals surface area contributed by atoms with E-state index in [0.29, 0.717) is 5.41 Å². The average Bonchev–Trinajstić information content (AvgIpc) is 2.34. The molecule has 0 aliphatic heterocycles. The molecule has 116 valence electrons. The Hall–Kier alpha value is -0.0800. The second kappa shape index (κ2) is 12.9. The first kappa shape index (κ1) is 18.9. The van der Waals surface area contributed by atoms with Gasteiger partial charge in [-0.15, -0.1) is 0 Å². The van der Waals surface area contributed by atoms with Crippen molar-refractivity contribution in [3.63, 3.8) is 0 Å². The second-order valence-corrected chi connectivity index (χ2v) is 7.03. The third-order valence-corrected chi connectivity index (χ3v) is 3.59. The number of hydrogen-bond donors (Lipinski definition) is 2. The molecule has 3 N–H and O–H groups in total. The van der Waals surface area contributed by atoms with Crippen LogP contribution in [-0.4, -0.2) is 19.6 Å². The SMILES string of the molecule is CC(C)(C)CCCCCCCCCNCCCCN. The first-order valence-corrected chi connectivity index (χ1v) is 8.47. The molecule has 0 rings (SSSR count). The van der Waals surface area contributed by atoms with Gasteiger partial charge in [0, 0.05) is 0 Å². The van der Waals surface area contributed by atoms with Gasteiger partial charge in [-0.05, 0) is 50.7 Å². The van der Waals surface area contributed by atoms with Crippen molar-refractivity contribution in [1.29, 1.82) is 0 Å². The molecule has 2 heteroatoms. The lowest BCUT2D eigenvalue weighted by molar-refractivity contribution is 0.356. The quantitative estimate of drug-likeness (QED) is 0.484. The van der Waals surface area contributed by atoms with Gasteiger partial charge in [0.05, 0.1) is 0 Å². The van der Waals surface area contributed by atoms with Crippen LogP contribution in [0.3, 0.4) is 0 Å². The molecule has 0 saturated heterocycles. The molecule has 0 aromatic rings. The molecule has 0 bridgehead atoms. The van der Waals surface area contributed by atoms with Crippen LogP contribution in [0.5, 0.6) is 0 Å². The molecule has 19 heavy (non-hydrogen) atoms. The van der Waals surface area contributed by atoms with Crippen LogP contribution < -0.4 is 11.1 Å². The maximum Gasteiger partial charge on any atom is -0.00484 e. The molecule has 0 spiro atoms. The minimum atomic E-state index is 0.523. The van der Waals surface area contributed by atoms with E-state index in [1.54, 1.807) is 0 Å². The van der Waals surface area contributed by atoms with Crippen molar-refractivity contribution in [1.82, 2.24) is 5.32 Å². The topological polar surface area (TPSA) is 38.0 Å². The molecule has 0 aliphatic carbocycles. The summed E-state index contributed by atoms with van der Waals surface area (Å²) in [6.45, 7) is 10.2. The fourth-order valence-electron chi connectivity index (χ4n) is 2.31. The Labute approximate surface area is 121 Å². The predicted octanol–water partition coefficient (Wildman–Crippen LogP) is 4.48. The van der Waals surface area contributed by atoms with Crippen LogP contribution in [0.4, 0.5) is 0 Å². The third-order valence-electron chi connectivity index (χ3n) is 3.59. The van der Waals surface area contributed by atoms with E-state index in [9.17, 15) is 0 Å². The lowest BCUT2D eigenvalue weighted by Crippen LogP contribution is -2.17. The van der Waals surface area contributed by atoms with E-state index < -0.39 is 0 Å². The van der Waals surface area contributed by atoms with Crippen molar-refractivity contribution in [3.8, 4) is 0 Å². The molecule has 0 amide bonds. The van der Waals surface area contributed by atoms with Gasteiger partial charge in [0.1, 0.15) is 0 Å². The second-order valence-electron chi connectivity index (χ2n) is 7.03. The summed E-state index contributed by atoms with van der Waals surface area (Å²) in [5.41, 5.74) is 5.98. The molecule has 0 aromatic carbocycles. The van der Waals surface area contributed by atoms with E-state index in [0.717, 1.165) is 19.5 Å². The summed E-state index contributed by atoms with van der Waals surface area (Å²) in [5, 5.41) is 3.49. The van der Waals surface area contributed by atoms with E-state index in [-0.39, 0.29) is 0 Å². The highest BCUT2D eigenvalue weighted by molar-refractivity contribution is 4.61. The van der Waals surface area contributed by atoms with Gasteiger partial charge in [-0.25, -0.2) is 0 Å². The Balaban J connectivity index is 2.99. The van der Waals surface area contributed by atoms with Crippen LogP contribution >= 0.6 is 0 Å². The standard InChI is InChI=1S/C17H38N2/c1-17(2,3)13-9-7-5-4-6-8-11-15-19-16-12-10-14-18/h19H,4-16,18H2,1-3H3. The lowest BCUT2D eigenvalue weighted by atomic mass is 9.89. The van der Waals surface area contributed by atoms with Crippen LogP contribution in [0.1, 0.15) is 85.0 Å². The normalized spacial score (nSPS) is 12.0. The summed E-state index contributed by atoms with van der Waals surface area (Å²) in [5.74, 6) is 0. The number of unbranched alkanes of at least 4 members (excludes halogenated alkanes) is 7. The fourth-order valence-corrected chi connectivity index (χ4v) is 2.31. The molecule has 0 fully saturated rings. The zero-order valence-electron chi connectivity index (χ0n) is 13.8. The minimum absolute atomic E-state index is 0.523. The Morgan fingerprint density at radius 2 is 1.16 bits per heavy atom. The monoisotopic (exact) mass is 270 g/mol. The van der Waals surface area contributed by atoms with Crippen molar-refractivity contribution in [2.45, 2.75) is 85.0 Å². The molecule has 0 heterocycles. The number of rotatable bonds is 13. The summed E-state index contributed by atoms with van der Waals surface area (Å²) in [4.78, 5) is 0. The van der Waals surface area contributed by atoms with Gasteiger partial charge in [0.25, 0.3) is 0 Å². The van der Waals surface area contributed by atoms with Crippen molar-refractivity contribution in [2.24, 2.45) is 11.1 Å². The summed E-state index contributed by atoms with van der Waals surface area (Å²) < 4.78 is 0. The maximum atomic E-state index is 5.45. The van der Waals surface area contributed by atoms with Crippen LogP contribution in [0.15, 0.2) is 0 Å². The maximum absolute atomic E-state index is 5.45. The number of nitrogens with one attached hydrogen (secondary N) is 1. The van der Waals surface area contributed by atoms with Crippen molar-refractivity contribution >= 4 is 0 Å². The summed E-state index contributed by atoms with van der Waals surface area (Å²) in [6, 6.07) is 0. The van der Waals surface area contributed by atoms with Gasteiger partial charge in [-0.3, -0.25) is 0 Å². The molecule has 0 aliphatic rings.